The Balaban J connectivity index is 1.52. The van der Waals surface area contributed by atoms with Crippen molar-refractivity contribution in [1.29, 1.82) is 0 Å². The largest absolute Gasteiger partial charge is 0.496 e. The molecule has 3 aromatic rings. The number of methoxy groups -OCH3 is 1. The van der Waals surface area contributed by atoms with Gasteiger partial charge in [0.05, 0.1) is 32.0 Å². The van der Waals surface area contributed by atoms with E-state index in [2.05, 4.69) is 29.6 Å². The fourth-order valence-corrected chi connectivity index (χ4v) is 4.15. The van der Waals surface area contributed by atoms with Crippen LogP contribution in [0.4, 0.5) is 0 Å². The highest BCUT2D eigenvalue weighted by Crippen LogP contribution is 2.23. The maximum absolute atomic E-state index is 12.8. The first-order chi connectivity index (χ1) is 14.2. The molecule has 1 aromatic heterocycles. The first-order valence-electron chi connectivity index (χ1n) is 9.72. The second kappa shape index (κ2) is 8.72. The summed E-state index contributed by atoms with van der Waals surface area (Å²) < 4.78 is 11.0. The Bertz CT molecular complexity index is 988. The minimum Gasteiger partial charge on any atom is -0.496 e. The summed E-state index contributed by atoms with van der Waals surface area (Å²) in [6.45, 7) is 2.34. The maximum Gasteiger partial charge on any atom is 0.255 e. The van der Waals surface area contributed by atoms with Crippen LogP contribution in [0.15, 0.2) is 65.3 Å². The molecule has 0 bridgehead atoms. The molecule has 1 unspecified atom stereocenters. The zero-order chi connectivity index (χ0) is 20.2. The monoisotopic (exact) mass is 411 g/mol. The van der Waals surface area contributed by atoms with Crippen LogP contribution in [0.3, 0.4) is 0 Å². The lowest BCUT2D eigenvalue weighted by molar-refractivity contribution is -0.946. The number of hydrogen-bond acceptors (Lipinski definition) is 3. The molecule has 5 nitrogen and oxygen atoms in total. The van der Waals surface area contributed by atoms with E-state index in [1.165, 1.54) is 16.0 Å². The molecule has 150 valence electrons. The number of amides is 1. The first kappa shape index (κ1) is 19.6. The Kier molecular flexibility index (Phi) is 5.88. The zero-order valence-electron chi connectivity index (χ0n) is 16.3. The van der Waals surface area contributed by atoms with E-state index in [0.717, 1.165) is 25.3 Å². The summed E-state index contributed by atoms with van der Waals surface area (Å²) in [5, 5.41) is 3.55. The summed E-state index contributed by atoms with van der Waals surface area (Å²) in [6, 6.07) is 17.5. The van der Waals surface area contributed by atoms with E-state index < -0.39 is 0 Å². The van der Waals surface area contributed by atoms with Gasteiger partial charge >= 0.3 is 0 Å². The Labute approximate surface area is 175 Å². The Morgan fingerprint density at radius 3 is 2.79 bits per heavy atom. The number of furan rings is 1. The number of carbonyl (C=O) groups is 1. The Hall–Kier alpha value is -2.76. The van der Waals surface area contributed by atoms with Crippen molar-refractivity contribution in [2.45, 2.75) is 19.0 Å². The van der Waals surface area contributed by atoms with Crippen molar-refractivity contribution in [2.24, 2.45) is 0 Å². The molecule has 0 fully saturated rings. The summed E-state index contributed by atoms with van der Waals surface area (Å²) in [5.74, 6) is 1.16. The molecule has 2 heterocycles. The predicted octanol–water partition coefficient (Wildman–Crippen LogP) is 3.05. The van der Waals surface area contributed by atoms with Gasteiger partial charge in [-0.25, -0.2) is 0 Å². The molecule has 2 N–H and O–H groups in total. The quantitative estimate of drug-likeness (QED) is 0.655. The van der Waals surface area contributed by atoms with Crippen LogP contribution in [-0.2, 0) is 13.0 Å². The number of hydrogen-bond donors (Lipinski definition) is 2. The number of quaternary nitrogens is 1. The standard InChI is InChI=1S/C23H23ClN2O3/c1-28-21-9-8-18(24)13-19(21)23(27)25-14-20(22-7-4-12-29-22)26-11-10-16-5-2-3-6-17(16)15-26/h2-9,12-13,20H,10-11,14-15H2,1H3,(H,25,27)/p+1/t20-/m1/s1. The van der Waals surface area contributed by atoms with Gasteiger partial charge in [0.2, 0.25) is 0 Å². The van der Waals surface area contributed by atoms with Crippen molar-refractivity contribution < 1.29 is 18.8 Å². The van der Waals surface area contributed by atoms with Crippen molar-refractivity contribution in [2.75, 3.05) is 20.2 Å². The van der Waals surface area contributed by atoms with Crippen LogP contribution in [0.2, 0.25) is 5.02 Å². The van der Waals surface area contributed by atoms with Crippen LogP contribution in [0.1, 0.15) is 33.3 Å². The molecule has 0 radical (unpaired) electrons. The number of ether oxygens (including phenoxy) is 1. The maximum atomic E-state index is 12.8. The Morgan fingerprint density at radius 2 is 2.03 bits per heavy atom. The van der Waals surface area contributed by atoms with Crippen molar-refractivity contribution in [1.82, 2.24) is 5.32 Å². The summed E-state index contributed by atoms with van der Waals surface area (Å²) in [6.07, 6.45) is 2.69. The molecule has 2 atom stereocenters. The molecule has 1 aliphatic heterocycles. The van der Waals surface area contributed by atoms with Crippen LogP contribution in [0.25, 0.3) is 0 Å². The van der Waals surface area contributed by atoms with E-state index in [1.807, 2.05) is 12.1 Å². The third kappa shape index (κ3) is 4.31. The molecular formula is C23H24ClN2O3+. The molecule has 6 heteroatoms. The van der Waals surface area contributed by atoms with E-state index >= 15 is 0 Å². The van der Waals surface area contributed by atoms with Crippen LogP contribution in [0, 0.1) is 0 Å². The van der Waals surface area contributed by atoms with Crippen LogP contribution < -0.4 is 15.0 Å². The van der Waals surface area contributed by atoms with Crippen molar-refractivity contribution >= 4 is 17.5 Å². The molecule has 1 amide bonds. The Morgan fingerprint density at radius 1 is 1.21 bits per heavy atom. The van der Waals surface area contributed by atoms with Gasteiger partial charge in [0.15, 0.2) is 11.8 Å². The average molecular weight is 412 g/mol. The van der Waals surface area contributed by atoms with Crippen LogP contribution in [0.5, 0.6) is 5.75 Å². The predicted molar refractivity (Wildman–Crippen MR) is 111 cm³/mol. The lowest BCUT2D eigenvalue weighted by atomic mass is 9.98. The number of rotatable bonds is 6. The molecule has 0 saturated carbocycles. The lowest BCUT2D eigenvalue weighted by Crippen LogP contribution is -3.12. The highest BCUT2D eigenvalue weighted by atomic mass is 35.5. The van der Waals surface area contributed by atoms with Crippen LogP contribution >= 0.6 is 11.6 Å². The highest BCUT2D eigenvalue weighted by Gasteiger charge is 2.31. The van der Waals surface area contributed by atoms with E-state index in [4.69, 9.17) is 20.8 Å². The summed E-state index contributed by atoms with van der Waals surface area (Å²) in [5.41, 5.74) is 3.19. The second-order valence-electron chi connectivity index (χ2n) is 7.23. The number of fused-ring (bicyclic) bond motifs is 1. The molecule has 2 aromatic carbocycles. The minimum atomic E-state index is -0.210. The van der Waals surface area contributed by atoms with Crippen molar-refractivity contribution in [3.63, 3.8) is 0 Å². The third-order valence-corrected chi connectivity index (χ3v) is 5.74. The van der Waals surface area contributed by atoms with Crippen molar-refractivity contribution in [3.8, 4) is 5.75 Å². The van der Waals surface area contributed by atoms with Gasteiger partial charge in [-0.15, -0.1) is 0 Å². The summed E-state index contributed by atoms with van der Waals surface area (Å²) in [7, 11) is 1.54. The van der Waals surface area contributed by atoms with E-state index in [-0.39, 0.29) is 11.9 Å². The molecule has 0 saturated heterocycles. The van der Waals surface area contributed by atoms with Gasteiger partial charge in [-0.3, -0.25) is 4.79 Å². The van der Waals surface area contributed by atoms with Gasteiger partial charge in [0, 0.05) is 17.0 Å². The summed E-state index contributed by atoms with van der Waals surface area (Å²) in [4.78, 5) is 14.2. The van der Waals surface area contributed by atoms with Crippen molar-refractivity contribution in [3.05, 3.63) is 88.3 Å². The highest BCUT2D eigenvalue weighted by molar-refractivity contribution is 6.31. The number of halogens is 1. The summed E-state index contributed by atoms with van der Waals surface area (Å²) >= 11 is 6.08. The topological polar surface area (TPSA) is 55.9 Å². The van der Waals surface area contributed by atoms with Crippen LogP contribution in [-0.4, -0.2) is 26.1 Å². The zero-order valence-corrected chi connectivity index (χ0v) is 17.0. The van der Waals surface area contributed by atoms with Gasteiger partial charge in [-0.2, -0.15) is 0 Å². The van der Waals surface area contributed by atoms with E-state index in [1.54, 1.807) is 31.6 Å². The van der Waals surface area contributed by atoms with E-state index in [9.17, 15) is 4.79 Å². The molecule has 4 rings (SSSR count). The first-order valence-corrected chi connectivity index (χ1v) is 10.1. The van der Waals surface area contributed by atoms with Gasteiger partial charge in [-0.1, -0.05) is 35.9 Å². The number of carbonyl (C=O) groups excluding carboxylic acids is 1. The smallest absolute Gasteiger partial charge is 0.255 e. The van der Waals surface area contributed by atoms with Gasteiger partial charge in [0.25, 0.3) is 5.91 Å². The molecule has 1 aliphatic rings. The number of nitrogens with one attached hydrogen (secondary N) is 2. The minimum absolute atomic E-state index is 0.0208. The molecule has 0 aliphatic carbocycles. The normalized spacial score (nSPS) is 16.7. The second-order valence-corrected chi connectivity index (χ2v) is 7.66. The van der Waals surface area contributed by atoms with Gasteiger partial charge in [-0.05, 0) is 35.9 Å². The fraction of sp³-hybridized carbons (Fsp3) is 0.261. The molecular weight excluding hydrogens is 388 g/mol. The average Bonchev–Trinajstić information content (AvgIpc) is 3.28. The SMILES string of the molecule is COc1ccc(Cl)cc1C(=O)NC[C@H](c1ccco1)[NH+]1CCc2ccccc2C1. The molecule has 0 spiro atoms. The third-order valence-electron chi connectivity index (χ3n) is 5.50. The van der Waals surface area contributed by atoms with Gasteiger partial charge < -0.3 is 19.4 Å². The van der Waals surface area contributed by atoms with Gasteiger partial charge in [0.1, 0.15) is 12.3 Å². The molecule has 29 heavy (non-hydrogen) atoms. The fourth-order valence-electron chi connectivity index (χ4n) is 3.98. The lowest BCUT2D eigenvalue weighted by Gasteiger charge is -2.31. The van der Waals surface area contributed by atoms with E-state index in [0.29, 0.717) is 22.9 Å². The number of benzene rings is 2.